The smallest absolute Gasteiger partial charge is 0.225 e. The highest BCUT2D eigenvalue weighted by Gasteiger charge is 2.31. The van der Waals surface area contributed by atoms with Crippen LogP contribution in [0.15, 0.2) is 29.3 Å². The van der Waals surface area contributed by atoms with Crippen LogP contribution in [0.25, 0.3) is 0 Å². The van der Waals surface area contributed by atoms with Crippen molar-refractivity contribution < 1.29 is 4.79 Å². The Hall–Kier alpha value is -1.99. The van der Waals surface area contributed by atoms with Gasteiger partial charge in [0.2, 0.25) is 5.91 Å². The number of aliphatic imine (C=N–C) groups is 1. The van der Waals surface area contributed by atoms with E-state index in [1.54, 1.807) is 0 Å². The van der Waals surface area contributed by atoms with E-state index in [0.717, 1.165) is 76.8 Å². The van der Waals surface area contributed by atoms with Crippen LogP contribution in [0.3, 0.4) is 0 Å². The first-order valence-electron chi connectivity index (χ1n) is 11.2. The monoisotopic (exact) mass is 432 g/mol. The number of hydrogen-bond acceptors (Lipinski definition) is 4. The molecule has 3 aliphatic rings. The first kappa shape index (κ1) is 21.2. The molecule has 8 heteroatoms. The average molecular weight is 433 g/mol. The van der Waals surface area contributed by atoms with Crippen molar-refractivity contribution in [1.29, 1.82) is 0 Å². The van der Waals surface area contributed by atoms with E-state index < -0.39 is 0 Å². The zero-order chi connectivity index (χ0) is 20.9. The van der Waals surface area contributed by atoms with Gasteiger partial charge in [-0.25, -0.2) is 0 Å². The van der Waals surface area contributed by atoms with E-state index in [0.29, 0.717) is 24.3 Å². The van der Waals surface area contributed by atoms with Crippen LogP contribution in [-0.2, 0) is 4.79 Å². The predicted octanol–water partition coefficient (Wildman–Crippen LogP) is 1.72. The lowest BCUT2D eigenvalue weighted by Gasteiger charge is -2.38. The number of carbonyl (C=O) groups excluding carboxylic acids is 1. The van der Waals surface area contributed by atoms with E-state index in [1.165, 1.54) is 12.1 Å². The summed E-state index contributed by atoms with van der Waals surface area (Å²) in [5.74, 6) is 1.33. The van der Waals surface area contributed by atoms with Gasteiger partial charge in [0, 0.05) is 75.5 Å². The average Bonchev–Trinajstić information content (AvgIpc) is 2.73. The number of benzene rings is 1. The van der Waals surface area contributed by atoms with E-state index >= 15 is 0 Å². The first-order valence-corrected chi connectivity index (χ1v) is 11.5. The molecule has 2 heterocycles. The van der Waals surface area contributed by atoms with Gasteiger partial charge in [-0.3, -0.25) is 14.7 Å². The van der Waals surface area contributed by atoms with Gasteiger partial charge in [0.25, 0.3) is 0 Å². The molecule has 2 aliphatic heterocycles. The predicted molar refractivity (Wildman–Crippen MR) is 122 cm³/mol. The van der Waals surface area contributed by atoms with Crippen molar-refractivity contribution in [1.82, 2.24) is 14.7 Å². The van der Waals surface area contributed by atoms with Crippen molar-refractivity contribution in [3.63, 3.8) is 0 Å². The fourth-order valence-corrected chi connectivity index (χ4v) is 4.48. The second kappa shape index (κ2) is 9.88. The number of guanidine groups is 1. The number of nitrogens with two attached hydrogens (primary N) is 1. The third-order valence-corrected chi connectivity index (χ3v) is 6.88. The summed E-state index contributed by atoms with van der Waals surface area (Å²) >= 11 is 5.98. The van der Waals surface area contributed by atoms with Gasteiger partial charge in [-0.15, -0.1) is 0 Å². The molecule has 1 aromatic rings. The number of piperazine rings is 2. The lowest BCUT2D eigenvalue weighted by Crippen LogP contribution is -2.52. The molecule has 0 spiro atoms. The van der Waals surface area contributed by atoms with Gasteiger partial charge in [0.05, 0.1) is 6.54 Å². The van der Waals surface area contributed by atoms with Crippen LogP contribution >= 0.6 is 11.6 Å². The molecule has 2 saturated heterocycles. The van der Waals surface area contributed by atoms with E-state index in [2.05, 4.69) is 36.7 Å². The lowest BCUT2D eigenvalue weighted by molar-refractivity contribution is -0.139. The second-order valence-electron chi connectivity index (χ2n) is 8.49. The Kier molecular flexibility index (Phi) is 7.00. The van der Waals surface area contributed by atoms with Gasteiger partial charge in [-0.05, 0) is 37.1 Å². The molecule has 2 N–H and O–H groups in total. The zero-order valence-electron chi connectivity index (χ0n) is 17.7. The summed E-state index contributed by atoms with van der Waals surface area (Å²) in [5, 5.41) is 0.764. The second-order valence-corrected chi connectivity index (χ2v) is 8.92. The van der Waals surface area contributed by atoms with Crippen LogP contribution in [0.4, 0.5) is 5.69 Å². The summed E-state index contributed by atoms with van der Waals surface area (Å²) in [5.41, 5.74) is 7.45. The van der Waals surface area contributed by atoms with Crippen LogP contribution in [-0.4, -0.2) is 92.0 Å². The summed E-state index contributed by atoms with van der Waals surface area (Å²) in [7, 11) is 0. The molecule has 4 rings (SSSR count). The molecule has 0 bridgehead atoms. The van der Waals surface area contributed by atoms with Crippen molar-refractivity contribution in [3.8, 4) is 0 Å². The maximum Gasteiger partial charge on any atom is 0.225 e. The fourth-order valence-electron chi connectivity index (χ4n) is 4.36. The number of amides is 1. The van der Waals surface area contributed by atoms with Gasteiger partial charge < -0.3 is 20.4 Å². The van der Waals surface area contributed by atoms with E-state index in [4.69, 9.17) is 17.3 Å². The van der Waals surface area contributed by atoms with Crippen LogP contribution in [0.2, 0.25) is 5.02 Å². The van der Waals surface area contributed by atoms with Crippen LogP contribution < -0.4 is 10.6 Å². The maximum atomic E-state index is 12.3. The minimum Gasteiger partial charge on any atom is -0.370 e. The van der Waals surface area contributed by atoms with Crippen molar-refractivity contribution in [2.75, 3.05) is 70.3 Å². The fraction of sp³-hybridized carbons (Fsp3) is 0.636. The summed E-state index contributed by atoms with van der Waals surface area (Å²) < 4.78 is 0. The Morgan fingerprint density at radius 1 is 0.967 bits per heavy atom. The summed E-state index contributed by atoms with van der Waals surface area (Å²) in [6.45, 7) is 8.78. The van der Waals surface area contributed by atoms with Crippen molar-refractivity contribution >= 4 is 29.2 Å². The highest BCUT2D eigenvalue weighted by atomic mass is 35.5. The van der Waals surface area contributed by atoms with Crippen molar-refractivity contribution in [2.45, 2.75) is 19.3 Å². The molecule has 1 aromatic carbocycles. The summed E-state index contributed by atoms with van der Waals surface area (Å²) in [6.07, 6.45) is 3.38. The van der Waals surface area contributed by atoms with E-state index in [1.807, 2.05) is 12.1 Å². The number of anilines is 1. The molecule has 1 aliphatic carbocycles. The van der Waals surface area contributed by atoms with E-state index in [9.17, 15) is 4.79 Å². The first-order chi connectivity index (χ1) is 14.6. The molecule has 0 unspecified atom stereocenters. The molecule has 0 aromatic heterocycles. The topological polar surface area (TPSA) is 68.4 Å². The lowest BCUT2D eigenvalue weighted by atomic mass is 9.84. The highest BCUT2D eigenvalue weighted by Crippen LogP contribution is 2.28. The molecular formula is C22H33ClN6O. The third kappa shape index (κ3) is 5.19. The van der Waals surface area contributed by atoms with Crippen molar-refractivity contribution in [2.24, 2.45) is 16.6 Å². The van der Waals surface area contributed by atoms with Crippen molar-refractivity contribution in [3.05, 3.63) is 29.3 Å². The molecule has 3 fully saturated rings. The van der Waals surface area contributed by atoms with Crippen LogP contribution in [0, 0.1) is 5.92 Å². The Morgan fingerprint density at radius 2 is 1.60 bits per heavy atom. The number of rotatable bonds is 5. The molecule has 1 amide bonds. The van der Waals surface area contributed by atoms with Gasteiger partial charge in [0.15, 0.2) is 5.96 Å². The molecule has 0 atom stereocenters. The SMILES string of the molecule is NC(=NCCN1CCN(C(=O)C2CCC2)CC1)N1CCN(c2ccc(Cl)cc2)CC1. The van der Waals surface area contributed by atoms with Gasteiger partial charge >= 0.3 is 0 Å². The van der Waals surface area contributed by atoms with Crippen LogP contribution in [0.5, 0.6) is 0 Å². The van der Waals surface area contributed by atoms with Gasteiger partial charge in [0.1, 0.15) is 0 Å². The maximum absolute atomic E-state index is 12.3. The van der Waals surface area contributed by atoms with Gasteiger partial charge in [-0.1, -0.05) is 18.0 Å². The largest absolute Gasteiger partial charge is 0.370 e. The Balaban J connectivity index is 1.15. The zero-order valence-corrected chi connectivity index (χ0v) is 18.4. The third-order valence-electron chi connectivity index (χ3n) is 6.62. The number of nitrogens with zero attached hydrogens (tertiary/aromatic N) is 5. The Bertz CT molecular complexity index is 734. The number of hydrogen-bond donors (Lipinski definition) is 1. The molecule has 1 saturated carbocycles. The molecule has 0 radical (unpaired) electrons. The van der Waals surface area contributed by atoms with E-state index in [-0.39, 0.29) is 0 Å². The molecule has 7 nitrogen and oxygen atoms in total. The number of halogens is 1. The summed E-state index contributed by atoms with van der Waals surface area (Å²) in [6, 6.07) is 7.99. The van der Waals surface area contributed by atoms with Crippen LogP contribution in [0.1, 0.15) is 19.3 Å². The number of carbonyl (C=O) groups is 1. The summed E-state index contributed by atoms with van der Waals surface area (Å²) in [4.78, 5) is 25.9. The quantitative estimate of drug-likeness (QED) is 0.566. The minimum absolute atomic E-state index is 0.307. The standard InChI is InChI=1S/C22H33ClN6O/c23-19-4-6-20(7-5-19)27-14-16-29(17-15-27)22(24)25-8-9-26-10-12-28(13-11-26)21(30)18-2-1-3-18/h4-7,18H,1-3,8-17H2,(H2,24,25). The Labute approximate surface area is 184 Å². The molecule has 30 heavy (non-hydrogen) atoms. The highest BCUT2D eigenvalue weighted by molar-refractivity contribution is 6.30. The normalized spacial score (nSPS) is 21.6. The van der Waals surface area contributed by atoms with Gasteiger partial charge in [-0.2, -0.15) is 0 Å². The Morgan fingerprint density at radius 3 is 2.20 bits per heavy atom. The molecule has 164 valence electrons. The molecular weight excluding hydrogens is 400 g/mol. The minimum atomic E-state index is 0.307.